The fraction of sp³-hybridized carbons (Fsp3) is 0.522. The lowest BCUT2D eigenvalue weighted by atomic mass is 10.1. The van der Waals surface area contributed by atoms with E-state index in [1.165, 1.54) is 0 Å². The first-order chi connectivity index (χ1) is 17.8. The molecule has 0 saturated carbocycles. The van der Waals surface area contributed by atoms with E-state index in [1.807, 2.05) is 30.3 Å². The predicted molar refractivity (Wildman–Crippen MR) is 146 cm³/mol. The molecule has 1 heterocycles. The van der Waals surface area contributed by atoms with Crippen LogP contribution in [0.4, 0.5) is 0 Å². The number of alkyl halides is 2. The summed E-state index contributed by atoms with van der Waals surface area (Å²) in [6, 6.07) is 7.46. The van der Waals surface area contributed by atoms with Crippen LogP contribution in [0.3, 0.4) is 0 Å². The van der Waals surface area contributed by atoms with E-state index in [-0.39, 0.29) is 29.5 Å². The number of aliphatic carboxylic acids is 3. The lowest BCUT2D eigenvalue weighted by Crippen LogP contribution is -2.32. The number of hydrogen-bond donors (Lipinski definition) is 8. The average Bonchev–Trinajstić information content (AvgIpc) is 3.43. The third-order valence-corrected chi connectivity index (χ3v) is 5.15. The van der Waals surface area contributed by atoms with Crippen LogP contribution in [0.5, 0.6) is 0 Å². The van der Waals surface area contributed by atoms with E-state index in [0.29, 0.717) is 25.8 Å². The van der Waals surface area contributed by atoms with Crippen LogP contribution in [0, 0.1) is 0 Å². The van der Waals surface area contributed by atoms with E-state index in [4.69, 9.17) is 61.5 Å². The van der Waals surface area contributed by atoms with Gasteiger partial charge in [0, 0.05) is 6.54 Å². The number of nitrogens with zero attached hydrogens (tertiary/aromatic N) is 1. The van der Waals surface area contributed by atoms with Gasteiger partial charge in [-0.25, -0.2) is 0 Å². The van der Waals surface area contributed by atoms with Gasteiger partial charge in [-0.3, -0.25) is 24.2 Å². The summed E-state index contributed by atoms with van der Waals surface area (Å²) in [5.74, 6) is -2.73. The number of carbonyl (C=O) groups is 4. The fourth-order valence-corrected chi connectivity index (χ4v) is 2.81. The molecule has 0 bridgehead atoms. The van der Waals surface area contributed by atoms with Gasteiger partial charge in [-0.2, -0.15) is 0 Å². The normalized spacial score (nSPS) is 15.0. The Balaban J connectivity index is 0. The summed E-state index contributed by atoms with van der Waals surface area (Å²) >= 11 is 10.0. The van der Waals surface area contributed by atoms with Crippen molar-refractivity contribution >= 4 is 52.9 Å². The number of benzene rings is 1. The van der Waals surface area contributed by atoms with E-state index in [9.17, 15) is 19.2 Å². The van der Waals surface area contributed by atoms with E-state index >= 15 is 0 Å². The minimum Gasteiger partial charge on any atom is -0.480 e. The van der Waals surface area contributed by atoms with Gasteiger partial charge in [-0.1, -0.05) is 30.3 Å². The molecule has 1 aliphatic heterocycles. The van der Waals surface area contributed by atoms with Crippen LogP contribution in [0.15, 0.2) is 35.3 Å². The number of nitrogens with two attached hydrogens (primary N) is 4. The number of aliphatic imine (C=N–C) groups is 1. The number of carboxylic acid groups (broad SMARTS) is 3. The molecule has 1 aromatic rings. The Morgan fingerprint density at radius 3 is 1.87 bits per heavy atom. The van der Waals surface area contributed by atoms with Crippen molar-refractivity contribution in [1.82, 2.24) is 5.32 Å². The molecule has 216 valence electrons. The van der Waals surface area contributed by atoms with Crippen molar-refractivity contribution in [3.8, 4) is 0 Å². The number of ketones is 1. The first-order valence-corrected chi connectivity index (χ1v) is 12.6. The second kappa shape index (κ2) is 23.2. The zero-order chi connectivity index (χ0) is 29.5. The van der Waals surface area contributed by atoms with Crippen molar-refractivity contribution in [2.75, 3.05) is 24.8 Å². The summed E-state index contributed by atoms with van der Waals surface area (Å²) in [5.41, 5.74) is 21.6. The van der Waals surface area contributed by atoms with Gasteiger partial charge in [-0.15, -0.1) is 23.2 Å². The Bertz CT molecular complexity index is 846. The SMILES string of the molecule is NC(N)=NCCC[C@H](N)C(=O)O.N[C@@H](Cc1ccccc1)C(=O)O.O=C(CCl)CCl.O=C(O)[C@@H]1CCCN1. The lowest BCUT2D eigenvalue weighted by molar-refractivity contribution is -0.139. The summed E-state index contributed by atoms with van der Waals surface area (Å²) in [7, 11) is 0. The number of Topliss-reactive ketones (excluding diaryl/α,β-unsaturated/α-hetero) is 1. The standard InChI is InChI=1S/C9H11NO2.C6H14N4O2.C5H9NO2.C3H4Cl2O/c10-8(9(11)12)6-7-4-2-1-3-5-7;7-4(5(11)12)2-1-3-10-6(8)9;7-5(8)4-2-1-3-6-4;4-1-3(6)2-5/h1-5,8H,6,10H2,(H,11,12);4H,1-3,7H2,(H,11,12)(H4,8,9,10);4,6H,1-3H2,(H,7,8);1-2H2/t8-;2*4-;/m000./s1. The van der Waals surface area contributed by atoms with Gasteiger partial charge in [0.25, 0.3) is 0 Å². The number of nitrogens with one attached hydrogen (secondary N) is 1. The van der Waals surface area contributed by atoms with E-state index in [1.54, 1.807) is 0 Å². The minimum atomic E-state index is -1.00. The van der Waals surface area contributed by atoms with E-state index in [0.717, 1.165) is 24.9 Å². The van der Waals surface area contributed by atoms with Crippen LogP contribution >= 0.6 is 23.2 Å². The molecule has 0 spiro atoms. The smallest absolute Gasteiger partial charge is 0.320 e. The Morgan fingerprint density at radius 2 is 1.53 bits per heavy atom. The fourth-order valence-electron chi connectivity index (χ4n) is 2.53. The summed E-state index contributed by atoms with van der Waals surface area (Å²) in [6.07, 6.45) is 3.12. The first kappa shape index (κ1) is 37.2. The maximum absolute atomic E-state index is 10.4. The third kappa shape index (κ3) is 22.2. The molecule has 0 amide bonds. The molecule has 3 atom stereocenters. The van der Waals surface area contributed by atoms with Crippen molar-refractivity contribution < 1.29 is 34.5 Å². The Morgan fingerprint density at radius 1 is 0.974 bits per heavy atom. The minimum absolute atomic E-state index is 0.0129. The molecule has 1 aliphatic rings. The lowest BCUT2D eigenvalue weighted by Gasteiger charge is -2.04. The third-order valence-electron chi connectivity index (χ3n) is 4.56. The number of guanidine groups is 1. The summed E-state index contributed by atoms with van der Waals surface area (Å²) in [6.45, 7) is 1.28. The van der Waals surface area contributed by atoms with Gasteiger partial charge in [-0.05, 0) is 44.2 Å². The Labute approximate surface area is 231 Å². The summed E-state index contributed by atoms with van der Waals surface area (Å²) in [4.78, 5) is 44.3. The van der Waals surface area contributed by atoms with Crippen LogP contribution in [0.2, 0.25) is 0 Å². The monoisotopic (exact) mass is 580 g/mol. The molecule has 0 radical (unpaired) electrons. The molecule has 2 rings (SSSR count). The van der Waals surface area contributed by atoms with Crippen LogP contribution in [-0.2, 0) is 25.6 Å². The Hall–Kier alpha value is -2.97. The summed E-state index contributed by atoms with van der Waals surface area (Å²) in [5, 5.41) is 28.1. The highest BCUT2D eigenvalue weighted by Gasteiger charge is 2.20. The van der Waals surface area contributed by atoms with Crippen molar-refractivity contribution in [2.24, 2.45) is 27.9 Å². The Kier molecular flexibility index (Phi) is 22.7. The van der Waals surface area contributed by atoms with E-state index in [2.05, 4.69) is 10.3 Å². The highest BCUT2D eigenvalue weighted by atomic mass is 35.5. The summed E-state index contributed by atoms with van der Waals surface area (Å²) < 4.78 is 0. The molecule has 12 N–H and O–H groups in total. The van der Waals surface area contributed by atoms with Crippen molar-refractivity contribution in [3.63, 3.8) is 0 Å². The largest absolute Gasteiger partial charge is 0.480 e. The van der Waals surface area contributed by atoms with Gasteiger partial charge < -0.3 is 43.6 Å². The molecule has 1 fully saturated rings. The quantitative estimate of drug-likeness (QED) is 0.0740. The molecule has 1 saturated heterocycles. The van der Waals surface area contributed by atoms with E-state index < -0.39 is 30.0 Å². The number of carbonyl (C=O) groups excluding carboxylic acids is 1. The molecule has 0 aliphatic carbocycles. The molecule has 13 nitrogen and oxygen atoms in total. The van der Waals surface area contributed by atoms with Crippen LogP contribution in [-0.4, -0.2) is 87.9 Å². The van der Waals surface area contributed by atoms with Gasteiger partial charge in [0.2, 0.25) is 0 Å². The maximum atomic E-state index is 10.4. The van der Waals surface area contributed by atoms with Gasteiger partial charge in [0.05, 0.1) is 11.8 Å². The highest BCUT2D eigenvalue weighted by molar-refractivity contribution is 6.35. The number of carboxylic acids is 3. The molecule has 0 aromatic heterocycles. The zero-order valence-corrected chi connectivity index (χ0v) is 22.5. The highest BCUT2D eigenvalue weighted by Crippen LogP contribution is 2.03. The number of rotatable bonds is 11. The van der Waals surface area contributed by atoms with Crippen LogP contribution in [0.1, 0.15) is 31.2 Å². The van der Waals surface area contributed by atoms with Gasteiger partial charge in [0.15, 0.2) is 11.7 Å². The molecule has 15 heteroatoms. The second-order valence-corrected chi connectivity index (χ2v) is 8.36. The molecule has 0 unspecified atom stereocenters. The van der Waals surface area contributed by atoms with Gasteiger partial charge in [0.1, 0.15) is 18.1 Å². The topological polar surface area (TPSA) is 257 Å². The molecular formula is C23H38Cl2N6O7. The van der Waals surface area contributed by atoms with Crippen LogP contribution < -0.4 is 28.3 Å². The molecule has 1 aromatic carbocycles. The first-order valence-electron chi connectivity index (χ1n) is 11.5. The van der Waals surface area contributed by atoms with Crippen molar-refractivity contribution in [1.29, 1.82) is 0 Å². The predicted octanol–water partition coefficient (Wildman–Crippen LogP) is -0.0510. The molecule has 38 heavy (non-hydrogen) atoms. The average molecular weight is 581 g/mol. The van der Waals surface area contributed by atoms with Crippen LogP contribution in [0.25, 0.3) is 0 Å². The van der Waals surface area contributed by atoms with Gasteiger partial charge >= 0.3 is 17.9 Å². The van der Waals surface area contributed by atoms with Crippen molar-refractivity contribution in [3.05, 3.63) is 35.9 Å². The zero-order valence-electron chi connectivity index (χ0n) is 21.0. The number of halogens is 2. The van der Waals surface area contributed by atoms with Crippen molar-refractivity contribution in [2.45, 2.75) is 50.2 Å². The molecular weight excluding hydrogens is 543 g/mol. The second-order valence-electron chi connectivity index (χ2n) is 7.82. The maximum Gasteiger partial charge on any atom is 0.320 e. The number of hydrogen-bond acceptors (Lipinski definition) is 8.